The van der Waals surface area contributed by atoms with Gasteiger partial charge < -0.3 is 0 Å². The Morgan fingerprint density at radius 3 is 2.03 bits per heavy atom. The number of hydrogen-bond acceptors (Lipinski definition) is 1. The molecule has 29 heavy (non-hydrogen) atoms. The van der Waals surface area contributed by atoms with Crippen LogP contribution in [-0.2, 0) is 12.8 Å². The van der Waals surface area contributed by atoms with E-state index in [4.69, 9.17) is 0 Å². The number of aromatic nitrogens is 1. The second-order valence-corrected chi connectivity index (χ2v) is 7.86. The van der Waals surface area contributed by atoms with Crippen molar-refractivity contribution in [3.8, 4) is 22.4 Å². The maximum Gasteiger partial charge on any atom is 0.132 e. The van der Waals surface area contributed by atoms with E-state index < -0.39 is 0 Å². The first-order valence-corrected chi connectivity index (χ1v) is 11.1. The van der Waals surface area contributed by atoms with Gasteiger partial charge in [-0.3, -0.25) is 4.98 Å². The monoisotopic (exact) mass is 389 g/mol. The average molecular weight is 390 g/mol. The number of unbranched alkanes of at least 4 members (excludes halogenated alkanes) is 4. The minimum atomic E-state index is -0.182. The van der Waals surface area contributed by atoms with Gasteiger partial charge in [-0.1, -0.05) is 75.9 Å². The van der Waals surface area contributed by atoms with E-state index in [1.54, 1.807) is 6.07 Å². The predicted octanol–water partition coefficient (Wildman–Crippen LogP) is 8.02. The number of pyridine rings is 1. The van der Waals surface area contributed by atoms with Gasteiger partial charge in [0.15, 0.2) is 0 Å². The lowest BCUT2D eigenvalue weighted by molar-refractivity contribution is 0.624. The molecule has 0 saturated carbocycles. The van der Waals surface area contributed by atoms with E-state index in [2.05, 4.69) is 43.1 Å². The summed E-state index contributed by atoms with van der Waals surface area (Å²) in [4.78, 5) is 4.53. The summed E-state index contributed by atoms with van der Waals surface area (Å²) >= 11 is 0. The second-order valence-electron chi connectivity index (χ2n) is 7.86. The van der Waals surface area contributed by atoms with Gasteiger partial charge in [0.25, 0.3) is 0 Å². The number of rotatable bonds is 10. The molecule has 0 amide bonds. The van der Waals surface area contributed by atoms with Crippen molar-refractivity contribution in [3.63, 3.8) is 0 Å². The van der Waals surface area contributed by atoms with Gasteiger partial charge in [0.2, 0.25) is 0 Å². The maximum atomic E-state index is 14.6. The van der Waals surface area contributed by atoms with Crippen molar-refractivity contribution in [2.75, 3.05) is 0 Å². The lowest BCUT2D eigenvalue weighted by atomic mass is 10.0. The molecule has 0 aliphatic carbocycles. The molecule has 1 nitrogen and oxygen atoms in total. The van der Waals surface area contributed by atoms with Crippen molar-refractivity contribution in [3.05, 3.63) is 77.7 Å². The zero-order valence-corrected chi connectivity index (χ0v) is 17.8. The minimum Gasteiger partial charge on any atom is -0.256 e. The van der Waals surface area contributed by atoms with Gasteiger partial charge in [0.05, 0.1) is 5.69 Å². The van der Waals surface area contributed by atoms with E-state index >= 15 is 0 Å². The minimum absolute atomic E-state index is 0.182. The lowest BCUT2D eigenvalue weighted by Crippen LogP contribution is -1.92. The fourth-order valence-electron chi connectivity index (χ4n) is 3.65. The Hall–Kier alpha value is -2.48. The smallest absolute Gasteiger partial charge is 0.132 e. The van der Waals surface area contributed by atoms with Gasteiger partial charge in [-0.2, -0.15) is 0 Å². The van der Waals surface area contributed by atoms with Crippen LogP contribution in [0.4, 0.5) is 4.39 Å². The molecule has 1 aromatic heterocycles. The van der Waals surface area contributed by atoms with Gasteiger partial charge in [0, 0.05) is 17.3 Å². The van der Waals surface area contributed by atoms with Crippen LogP contribution in [0, 0.1) is 5.82 Å². The van der Waals surface area contributed by atoms with Gasteiger partial charge in [-0.15, -0.1) is 0 Å². The quantitative estimate of drug-likeness (QED) is 0.320. The average Bonchev–Trinajstić information content (AvgIpc) is 2.76. The van der Waals surface area contributed by atoms with Crippen molar-refractivity contribution >= 4 is 0 Å². The molecular formula is C27H32FN. The molecule has 0 unspecified atom stereocenters. The van der Waals surface area contributed by atoms with Crippen LogP contribution in [0.3, 0.4) is 0 Å². The summed E-state index contributed by atoms with van der Waals surface area (Å²) in [5.74, 6) is -0.182. The Labute approximate surface area is 175 Å². The third-order valence-corrected chi connectivity index (χ3v) is 5.50. The molecule has 0 bridgehead atoms. The van der Waals surface area contributed by atoms with Crippen LogP contribution in [0.1, 0.15) is 63.5 Å². The van der Waals surface area contributed by atoms with Crippen LogP contribution in [0.25, 0.3) is 22.4 Å². The van der Waals surface area contributed by atoms with Gasteiger partial charge in [0.1, 0.15) is 5.82 Å². The number of aryl methyl sites for hydroxylation is 2. The van der Waals surface area contributed by atoms with Gasteiger partial charge >= 0.3 is 0 Å². The molecule has 152 valence electrons. The molecule has 3 rings (SSSR count). The Bertz CT molecular complexity index is 881. The molecule has 3 aromatic rings. The zero-order chi connectivity index (χ0) is 20.5. The number of benzene rings is 2. The predicted molar refractivity (Wildman–Crippen MR) is 122 cm³/mol. The first kappa shape index (κ1) is 21.2. The third kappa shape index (κ3) is 6.00. The van der Waals surface area contributed by atoms with Gasteiger partial charge in [-0.05, 0) is 60.6 Å². The SMILES string of the molecule is CCCCCCc1ccc(-c2ccc(-c3ccc(CCCC)cc3)cn2)c(F)c1. The zero-order valence-electron chi connectivity index (χ0n) is 17.8. The number of hydrogen-bond donors (Lipinski definition) is 0. The van der Waals surface area contributed by atoms with Crippen molar-refractivity contribution in [1.82, 2.24) is 4.98 Å². The molecule has 0 N–H and O–H groups in total. The molecule has 0 aliphatic heterocycles. The standard InChI is InChI=1S/C27H32FN/c1-3-5-7-8-10-22-13-17-25(26(28)19-22)27-18-16-24(20-29-27)23-14-11-21(12-15-23)9-6-4-2/h11-20H,3-10H2,1-2H3. The molecule has 0 radical (unpaired) electrons. The van der Waals surface area contributed by atoms with Gasteiger partial charge in [-0.25, -0.2) is 4.39 Å². The van der Waals surface area contributed by atoms with Crippen LogP contribution in [-0.4, -0.2) is 4.98 Å². The van der Waals surface area contributed by atoms with Crippen LogP contribution < -0.4 is 0 Å². The summed E-state index contributed by atoms with van der Waals surface area (Å²) in [5, 5.41) is 0. The highest BCUT2D eigenvalue weighted by molar-refractivity contribution is 5.67. The molecule has 1 heterocycles. The highest BCUT2D eigenvalue weighted by Crippen LogP contribution is 2.26. The largest absolute Gasteiger partial charge is 0.256 e. The van der Waals surface area contributed by atoms with Crippen LogP contribution in [0.5, 0.6) is 0 Å². The fourth-order valence-corrected chi connectivity index (χ4v) is 3.65. The topological polar surface area (TPSA) is 12.9 Å². The summed E-state index contributed by atoms with van der Waals surface area (Å²) in [6, 6.07) is 18.2. The van der Waals surface area contributed by atoms with Crippen molar-refractivity contribution in [1.29, 1.82) is 0 Å². The summed E-state index contributed by atoms with van der Waals surface area (Å²) in [7, 11) is 0. The molecule has 0 fully saturated rings. The Balaban J connectivity index is 1.68. The summed E-state index contributed by atoms with van der Waals surface area (Å²) < 4.78 is 14.6. The highest BCUT2D eigenvalue weighted by Gasteiger charge is 2.08. The van der Waals surface area contributed by atoms with E-state index in [0.29, 0.717) is 11.3 Å². The summed E-state index contributed by atoms with van der Waals surface area (Å²) in [6.07, 6.45) is 11.1. The maximum absolute atomic E-state index is 14.6. The van der Waals surface area contributed by atoms with Crippen molar-refractivity contribution < 1.29 is 4.39 Å². The van der Waals surface area contributed by atoms with E-state index in [9.17, 15) is 4.39 Å². The van der Waals surface area contributed by atoms with E-state index in [1.807, 2.05) is 30.5 Å². The molecular weight excluding hydrogens is 357 g/mol. The molecule has 2 heteroatoms. The Morgan fingerprint density at radius 1 is 0.690 bits per heavy atom. The van der Waals surface area contributed by atoms with E-state index in [0.717, 1.165) is 36.0 Å². The first-order chi connectivity index (χ1) is 14.2. The second kappa shape index (κ2) is 10.9. The number of nitrogens with zero attached hydrogens (tertiary/aromatic N) is 1. The Kier molecular flexibility index (Phi) is 7.98. The highest BCUT2D eigenvalue weighted by atomic mass is 19.1. The third-order valence-electron chi connectivity index (χ3n) is 5.50. The van der Waals surface area contributed by atoms with E-state index in [1.165, 1.54) is 37.7 Å². The lowest BCUT2D eigenvalue weighted by Gasteiger charge is -2.08. The molecule has 0 aliphatic rings. The van der Waals surface area contributed by atoms with Crippen molar-refractivity contribution in [2.24, 2.45) is 0 Å². The van der Waals surface area contributed by atoms with Crippen LogP contribution in [0.15, 0.2) is 60.8 Å². The number of halogens is 1. The Morgan fingerprint density at radius 2 is 1.38 bits per heavy atom. The fraction of sp³-hybridized carbons (Fsp3) is 0.370. The molecule has 0 saturated heterocycles. The molecule has 0 spiro atoms. The molecule has 0 atom stereocenters. The van der Waals surface area contributed by atoms with Crippen molar-refractivity contribution in [2.45, 2.75) is 65.2 Å². The van der Waals surface area contributed by atoms with Crippen LogP contribution >= 0.6 is 0 Å². The first-order valence-electron chi connectivity index (χ1n) is 11.1. The normalized spacial score (nSPS) is 11.0. The van der Waals surface area contributed by atoms with E-state index in [-0.39, 0.29) is 5.82 Å². The summed E-state index contributed by atoms with van der Waals surface area (Å²) in [5.41, 5.74) is 5.90. The molecule has 2 aromatic carbocycles. The van der Waals surface area contributed by atoms with Crippen LogP contribution in [0.2, 0.25) is 0 Å². The summed E-state index contributed by atoms with van der Waals surface area (Å²) in [6.45, 7) is 4.42.